The van der Waals surface area contributed by atoms with Crippen LogP contribution in [-0.2, 0) is 17.8 Å². The Morgan fingerprint density at radius 1 is 1.17 bits per heavy atom. The molecule has 0 bridgehead atoms. The second-order valence-electron chi connectivity index (χ2n) is 6.47. The van der Waals surface area contributed by atoms with Crippen molar-refractivity contribution < 1.29 is 14.3 Å². The number of hydrogen-bond donors (Lipinski definition) is 1. The van der Waals surface area contributed by atoms with Crippen molar-refractivity contribution in [3.8, 4) is 5.75 Å². The highest BCUT2D eigenvalue weighted by atomic mass is 16.5. The Morgan fingerprint density at radius 3 is 2.92 bits per heavy atom. The molecule has 4 nitrogen and oxygen atoms in total. The number of carbonyl (C=O) groups excluding carboxylic acids is 1. The van der Waals surface area contributed by atoms with Crippen LogP contribution >= 0.6 is 0 Å². The van der Waals surface area contributed by atoms with Crippen molar-refractivity contribution in [1.29, 1.82) is 0 Å². The Labute approximate surface area is 141 Å². The van der Waals surface area contributed by atoms with Crippen molar-refractivity contribution in [2.24, 2.45) is 5.92 Å². The molecule has 4 rings (SSSR count). The molecule has 1 fully saturated rings. The predicted octanol–water partition coefficient (Wildman–Crippen LogP) is 3.65. The molecule has 0 saturated heterocycles. The fraction of sp³-hybridized carbons (Fsp3) is 0.350. The van der Waals surface area contributed by atoms with E-state index in [-0.39, 0.29) is 6.09 Å². The van der Waals surface area contributed by atoms with Crippen molar-refractivity contribution >= 4 is 6.09 Å². The van der Waals surface area contributed by atoms with E-state index in [1.54, 1.807) is 0 Å². The van der Waals surface area contributed by atoms with E-state index >= 15 is 0 Å². The van der Waals surface area contributed by atoms with Gasteiger partial charge in [-0.1, -0.05) is 42.5 Å². The second kappa shape index (κ2) is 6.56. The van der Waals surface area contributed by atoms with Gasteiger partial charge >= 0.3 is 6.09 Å². The summed E-state index contributed by atoms with van der Waals surface area (Å²) in [6.45, 7) is 1.76. The summed E-state index contributed by atoms with van der Waals surface area (Å²) >= 11 is 0. The van der Waals surface area contributed by atoms with Crippen molar-refractivity contribution in [3.63, 3.8) is 0 Å². The minimum atomic E-state index is -0.342. The number of rotatable bonds is 5. The number of benzene rings is 2. The minimum Gasteiger partial charge on any atom is -0.493 e. The molecule has 1 amide bonds. The smallest absolute Gasteiger partial charge is 0.407 e. The average molecular weight is 323 g/mol. The molecule has 0 unspecified atom stereocenters. The average Bonchev–Trinajstić information content (AvgIpc) is 3.23. The van der Waals surface area contributed by atoms with E-state index in [4.69, 9.17) is 9.47 Å². The number of fused-ring (bicyclic) bond motifs is 1. The van der Waals surface area contributed by atoms with E-state index in [1.165, 1.54) is 11.1 Å². The van der Waals surface area contributed by atoms with E-state index < -0.39 is 0 Å². The first kappa shape index (κ1) is 15.1. The molecule has 1 heterocycles. The largest absolute Gasteiger partial charge is 0.493 e. The third-order valence-corrected chi connectivity index (χ3v) is 4.82. The van der Waals surface area contributed by atoms with Crippen LogP contribution in [0.4, 0.5) is 4.79 Å². The molecule has 4 heteroatoms. The molecule has 2 atom stereocenters. The van der Waals surface area contributed by atoms with Gasteiger partial charge in [0, 0.05) is 18.5 Å². The lowest BCUT2D eigenvalue weighted by Crippen LogP contribution is -2.26. The minimum absolute atomic E-state index is 0.310. The summed E-state index contributed by atoms with van der Waals surface area (Å²) in [7, 11) is 0. The maximum absolute atomic E-state index is 11.8. The van der Waals surface area contributed by atoms with Crippen molar-refractivity contribution in [1.82, 2.24) is 5.32 Å². The predicted molar refractivity (Wildman–Crippen MR) is 91.1 cm³/mol. The zero-order valence-electron chi connectivity index (χ0n) is 13.5. The lowest BCUT2D eigenvalue weighted by atomic mass is 10.00. The molecule has 2 aromatic carbocycles. The lowest BCUT2D eigenvalue weighted by Gasteiger charge is -2.08. The monoisotopic (exact) mass is 323 g/mol. The Morgan fingerprint density at radius 2 is 2.04 bits per heavy atom. The van der Waals surface area contributed by atoms with Crippen LogP contribution in [0.5, 0.6) is 5.75 Å². The van der Waals surface area contributed by atoms with Gasteiger partial charge in [0.15, 0.2) is 0 Å². The highest BCUT2D eigenvalue weighted by Crippen LogP contribution is 2.50. The van der Waals surface area contributed by atoms with Gasteiger partial charge < -0.3 is 14.8 Å². The highest BCUT2D eigenvalue weighted by molar-refractivity contribution is 5.67. The highest BCUT2D eigenvalue weighted by Gasteiger charge is 2.40. The van der Waals surface area contributed by atoms with Gasteiger partial charge in [0.1, 0.15) is 12.4 Å². The van der Waals surface area contributed by atoms with Gasteiger partial charge in [-0.05, 0) is 35.4 Å². The van der Waals surface area contributed by atoms with E-state index in [2.05, 4.69) is 17.4 Å². The van der Waals surface area contributed by atoms with Crippen molar-refractivity contribution in [2.75, 3.05) is 13.2 Å². The summed E-state index contributed by atoms with van der Waals surface area (Å²) < 4.78 is 10.9. The van der Waals surface area contributed by atoms with Gasteiger partial charge in [0.2, 0.25) is 0 Å². The van der Waals surface area contributed by atoms with Gasteiger partial charge in [-0.2, -0.15) is 0 Å². The van der Waals surface area contributed by atoms with Crippen LogP contribution in [0, 0.1) is 5.92 Å². The van der Waals surface area contributed by atoms with Crippen LogP contribution in [0.3, 0.4) is 0 Å². The van der Waals surface area contributed by atoms with Crippen LogP contribution in [0.25, 0.3) is 0 Å². The van der Waals surface area contributed by atoms with E-state index in [9.17, 15) is 4.79 Å². The van der Waals surface area contributed by atoms with Gasteiger partial charge in [0.25, 0.3) is 0 Å². The molecule has 0 spiro atoms. The number of amides is 1. The molecule has 124 valence electrons. The summed E-state index contributed by atoms with van der Waals surface area (Å²) in [4.78, 5) is 11.8. The van der Waals surface area contributed by atoms with Gasteiger partial charge in [0.05, 0.1) is 6.61 Å². The maximum Gasteiger partial charge on any atom is 0.407 e. The Bertz CT molecular complexity index is 729. The fourth-order valence-electron chi connectivity index (χ4n) is 3.44. The van der Waals surface area contributed by atoms with Gasteiger partial charge in [-0.15, -0.1) is 0 Å². The molecular weight excluding hydrogens is 302 g/mol. The molecule has 1 aliphatic heterocycles. The fourth-order valence-corrected chi connectivity index (χ4v) is 3.44. The summed E-state index contributed by atoms with van der Waals surface area (Å²) in [6, 6.07) is 16.0. The third-order valence-electron chi connectivity index (χ3n) is 4.82. The van der Waals surface area contributed by atoms with Crippen LogP contribution in [0.2, 0.25) is 0 Å². The molecule has 2 aliphatic rings. The number of ether oxygens (including phenoxy) is 2. The van der Waals surface area contributed by atoms with E-state index in [1.807, 2.05) is 36.4 Å². The summed E-state index contributed by atoms with van der Waals surface area (Å²) in [5.41, 5.74) is 3.75. The Hall–Kier alpha value is -2.49. The molecule has 1 N–H and O–H groups in total. The molecule has 24 heavy (non-hydrogen) atoms. The molecule has 0 aromatic heterocycles. The van der Waals surface area contributed by atoms with Crippen molar-refractivity contribution in [3.05, 3.63) is 65.2 Å². The van der Waals surface area contributed by atoms with Gasteiger partial charge in [-0.25, -0.2) is 4.79 Å². The Balaban J connectivity index is 1.25. The van der Waals surface area contributed by atoms with Crippen LogP contribution in [0.1, 0.15) is 29.0 Å². The quantitative estimate of drug-likeness (QED) is 0.913. The SMILES string of the molecule is O=C(NC[C@H]1C[C@@H]1c1cccc2c1CCO2)OCc1ccccc1. The molecule has 2 aromatic rings. The molecule has 1 aliphatic carbocycles. The topological polar surface area (TPSA) is 47.6 Å². The summed E-state index contributed by atoms with van der Waals surface area (Å²) in [5, 5.41) is 2.89. The number of hydrogen-bond acceptors (Lipinski definition) is 3. The normalized spacial score (nSPS) is 20.8. The first-order chi connectivity index (χ1) is 11.8. The van der Waals surface area contributed by atoms with Crippen LogP contribution < -0.4 is 10.1 Å². The van der Waals surface area contributed by atoms with Gasteiger partial charge in [-0.3, -0.25) is 0 Å². The third kappa shape index (κ3) is 3.23. The lowest BCUT2D eigenvalue weighted by molar-refractivity contribution is 0.139. The Kier molecular flexibility index (Phi) is 4.11. The second-order valence-corrected chi connectivity index (χ2v) is 6.47. The standard InChI is InChI=1S/C20H21NO3/c22-20(24-13-14-5-2-1-3-6-14)21-12-15-11-18(15)16-7-4-8-19-17(16)9-10-23-19/h1-8,15,18H,9-13H2,(H,21,22)/t15-,18+/m1/s1. The zero-order chi connectivity index (χ0) is 16.4. The van der Waals surface area contributed by atoms with Crippen LogP contribution in [0.15, 0.2) is 48.5 Å². The number of alkyl carbamates (subject to hydrolysis) is 1. The first-order valence-electron chi connectivity index (χ1n) is 8.50. The summed E-state index contributed by atoms with van der Waals surface area (Å²) in [5.74, 6) is 2.07. The van der Waals surface area contributed by atoms with Crippen molar-refractivity contribution in [2.45, 2.75) is 25.4 Å². The van der Waals surface area contributed by atoms with Crippen LogP contribution in [-0.4, -0.2) is 19.2 Å². The molecular formula is C20H21NO3. The van der Waals surface area contributed by atoms with E-state index in [0.29, 0.717) is 25.0 Å². The maximum atomic E-state index is 11.8. The number of carbonyl (C=O) groups is 1. The zero-order valence-corrected chi connectivity index (χ0v) is 13.5. The summed E-state index contributed by atoms with van der Waals surface area (Å²) in [6.07, 6.45) is 1.78. The van der Waals surface area contributed by atoms with E-state index in [0.717, 1.165) is 30.8 Å². The number of nitrogens with one attached hydrogen (secondary N) is 1. The molecule has 0 radical (unpaired) electrons. The first-order valence-corrected chi connectivity index (χ1v) is 8.50. The molecule has 1 saturated carbocycles.